The van der Waals surface area contributed by atoms with Crippen molar-refractivity contribution in [3.63, 3.8) is 0 Å². The van der Waals surface area contributed by atoms with Gasteiger partial charge in [0.25, 0.3) is 0 Å². The number of hydrogen-bond donors (Lipinski definition) is 2. The maximum absolute atomic E-state index is 14.3. The minimum Gasteiger partial charge on any atom is -0.459 e. The number of benzene rings is 2. The van der Waals surface area contributed by atoms with Gasteiger partial charge in [-0.05, 0) is 55.4 Å². The molecule has 4 atom stereocenters. The lowest BCUT2D eigenvalue weighted by atomic mass is 10.0. The second-order valence-corrected chi connectivity index (χ2v) is 18.6. The van der Waals surface area contributed by atoms with E-state index in [9.17, 15) is 9.59 Å². The zero-order valence-electron chi connectivity index (χ0n) is 27.4. The summed E-state index contributed by atoms with van der Waals surface area (Å²) < 4.78 is 24.9. The summed E-state index contributed by atoms with van der Waals surface area (Å²) in [5.41, 5.74) is 1.91. The molecule has 238 valence electrons. The highest BCUT2D eigenvalue weighted by molar-refractivity contribution is 6.74. The van der Waals surface area contributed by atoms with Crippen molar-refractivity contribution in [3.05, 3.63) is 71.8 Å². The van der Waals surface area contributed by atoms with E-state index in [2.05, 4.69) is 44.5 Å². The van der Waals surface area contributed by atoms with E-state index in [-0.39, 0.29) is 30.1 Å². The van der Waals surface area contributed by atoms with Crippen LogP contribution in [-0.4, -0.2) is 56.9 Å². The molecule has 1 aliphatic heterocycles. The van der Waals surface area contributed by atoms with E-state index in [1.165, 1.54) is 0 Å². The number of ether oxygens (including phenoxy) is 3. The van der Waals surface area contributed by atoms with Crippen molar-refractivity contribution >= 4 is 20.2 Å². The van der Waals surface area contributed by atoms with Gasteiger partial charge in [-0.3, -0.25) is 10.1 Å². The van der Waals surface area contributed by atoms with Gasteiger partial charge in [-0.15, -0.1) is 0 Å². The van der Waals surface area contributed by atoms with Crippen molar-refractivity contribution in [3.8, 4) is 0 Å². The topological polar surface area (TPSA) is 95.1 Å². The summed E-state index contributed by atoms with van der Waals surface area (Å²) in [5.74, 6) is -1.45. The Bertz CT molecular complexity index is 1170. The Labute approximate surface area is 259 Å². The molecule has 0 radical (unpaired) electrons. The third-order valence-electron chi connectivity index (χ3n) is 8.15. The zero-order chi connectivity index (χ0) is 31.8. The molecule has 9 heteroatoms. The maximum atomic E-state index is 14.3. The number of carbonyl (C=O) groups is 2. The summed E-state index contributed by atoms with van der Waals surface area (Å²) in [6.07, 6.45) is -0.711. The summed E-state index contributed by atoms with van der Waals surface area (Å²) in [7, 11) is -2.38. The molecular formula is C34H52N2O6Si. The first-order chi connectivity index (χ1) is 20.1. The van der Waals surface area contributed by atoms with E-state index in [0.717, 1.165) is 11.1 Å². The number of rotatable bonds is 14. The van der Waals surface area contributed by atoms with Gasteiger partial charge in [-0.1, -0.05) is 95.3 Å². The Morgan fingerprint density at radius 2 is 1.58 bits per heavy atom. The van der Waals surface area contributed by atoms with Crippen LogP contribution in [0.4, 0.5) is 0 Å². The highest BCUT2D eigenvalue weighted by atomic mass is 28.4. The fourth-order valence-corrected chi connectivity index (χ4v) is 6.03. The molecule has 1 heterocycles. The van der Waals surface area contributed by atoms with Crippen LogP contribution in [0.25, 0.3) is 0 Å². The van der Waals surface area contributed by atoms with Crippen molar-refractivity contribution in [1.82, 2.24) is 10.6 Å². The SMILES string of the molecule is CC(C)C[C@H](NC(=O)[C@@H](NCc1ccccc1)[C@H](O[Si](C)(C)C(C)(C)C)[C@@H]1COC(C)(C)O1)C(=O)OCc1ccccc1. The van der Waals surface area contributed by atoms with E-state index >= 15 is 0 Å². The fraction of sp³-hybridized carbons (Fsp3) is 0.588. The predicted octanol–water partition coefficient (Wildman–Crippen LogP) is 5.96. The molecule has 0 aliphatic carbocycles. The molecule has 0 aromatic heterocycles. The number of hydrogen-bond acceptors (Lipinski definition) is 7. The monoisotopic (exact) mass is 612 g/mol. The van der Waals surface area contributed by atoms with E-state index in [0.29, 0.717) is 13.0 Å². The second kappa shape index (κ2) is 14.9. The van der Waals surface area contributed by atoms with Gasteiger partial charge in [0, 0.05) is 6.54 Å². The van der Waals surface area contributed by atoms with Gasteiger partial charge in [-0.25, -0.2) is 4.79 Å². The van der Waals surface area contributed by atoms with Gasteiger partial charge in [0.05, 0.1) is 12.7 Å². The summed E-state index contributed by atoms with van der Waals surface area (Å²) in [6.45, 7) is 19.4. The molecule has 2 aromatic rings. The lowest BCUT2D eigenvalue weighted by Crippen LogP contribution is -2.62. The number of carbonyl (C=O) groups excluding carboxylic acids is 2. The molecule has 0 spiro atoms. The quantitative estimate of drug-likeness (QED) is 0.201. The van der Waals surface area contributed by atoms with Crippen molar-refractivity contribution in [1.29, 1.82) is 0 Å². The van der Waals surface area contributed by atoms with E-state index in [4.69, 9.17) is 18.6 Å². The largest absolute Gasteiger partial charge is 0.459 e. The Hall–Kier alpha value is -2.56. The molecule has 1 fully saturated rings. The van der Waals surface area contributed by atoms with Gasteiger partial charge < -0.3 is 24.0 Å². The van der Waals surface area contributed by atoms with Crippen LogP contribution in [0.3, 0.4) is 0 Å². The fourth-order valence-electron chi connectivity index (χ4n) is 4.71. The summed E-state index contributed by atoms with van der Waals surface area (Å²) in [5, 5.41) is 6.39. The summed E-state index contributed by atoms with van der Waals surface area (Å²) >= 11 is 0. The predicted molar refractivity (Wildman–Crippen MR) is 172 cm³/mol. The van der Waals surface area contributed by atoms with E-state index in [1.807, 2.05) is 88.4 Å². The molecule has 2 aromatic carbocycles. The molecular weight excluding hydrogens is 560 g/mol. The van der Waals surface area contributed by atoms with Gasteiger partial charge in [-0.2, -0.15) is 0 Å². The third-order valence-corrected chi connectivity index (χ3v) is 12.6. The van der Waals surface area contributed by atoms with Crippen molar-refractivity contribution < 1.29 is 28.2 Å². The molecule has 0 bridgehead atoms. The number of amides is 1. The second-order valence-electron chi connectivity index (χ2n) is 13.8. The molecule has 2 N–H and O–H groups in total. The van der Waals surface area contributed by atoms with Crippen molar-refractivity contribution in [2.45, 2.75) is 116 Å². The average Bonchev–Trinajstić information content (AvgIpc) is 3.30. The minimum absolute atomic E-state index is 0.109. The van der Waals surface area contributed by atoms with Crippen LogP contribution in [-0.2, 0) is 41.4 Å². The van der Waals surface area contributed by atoms with Crippen LogP contribution < -0.4 is 10.6 Å². The normalized spacial score (nSPS) is 19.1. The van der Waals surface area contributed by atoms with Crippen LogP contribution in [0, 0.1) is 5.92 Å². The molecule has 1 saturated heterocycles. The molecule has 0 saturated carbocycles. The first kappa shape index (κ1) is 34.9. The van der Waals surface area contributed by atoms with Crippen LogP contribution >= 0.6 is 0 Å². The zero-order valence-corrected chi connectivity index (χ0v) is 28.4. The van der Waals surface area contributed by atoms with Gasteiger partial charge >= 0.3 is 5.97 Å². The maximum Gasteiger partial charge on any atom is 0.328 e. The Kier molecular flexibility index (Phi) is 12.1. The Balaban J connectivity index is 1.92. The number of nitrogens with one attached hydrogen (secondary N) is 2. The summed E-state index contributed by atoms with van der Waals surface area (Å²) in [4.78, 5) is 27.6. The van der Waals surface area contributed by atoms with E-state index in [1.54, 1.807) is 0 Å². The molecule has 0 unspecified atom stereocenters. The Morgan fingerprint density at radius 1 is 1.00 bits per heavy atom. The third kappa shape index (κ3) is 10.5. The lowest BCUT2D eigenvalue weighted by Gasteiger charge is -2.43. The first-order valence-electron chi connectivity index (χ1n) is 15.4. The van der Waals surface area contributed by atoms with Crippen LogP contribution in [0.15, 0.2) is 60.7 Å². The van der Waals surface area contributed by atoms with E-state index < -0.39 is 44.4 Å². The highest BCUT2D eigenvalue weighted by Crippen LogP contribution is 2.39. The van der Waals surface area contributed by atoms with Gasteiger partial charge in [0.2, 0.25) is 5.91 Å². The van der Waals surface area contributed by atoms with Crippen LogP contribution in [0.1, 0.15) is 66.0 Å². The minimum atomic E-state index is -2.38. The van der Waals surface area contributed by atoms with Crippen LogP contribution in [0.2, 0.25) is 18.1 Å². The van der Waals surface area contributed by atoms with Crippen molar-refractivity contribution in [2.75, 3.05) is 6.61 Å². The molecule has 43 heavy (non-hydrogen) atoms. The standard InChI is InChI=1S/C34H52N2O6Si/c1-24(2)20-27(32(38)39-22-26-18-14-11-15-19-26)36-31(37)29(35-21-25-16-12-10-13-17-25)30(28-23-40-34(6,7)41-28)42-43(8,9)33(3,4)5/h10-19,24,27-30,35H,20-23H2,1-9H3,(H,36,37)/t27-,28-,29-,30+/m0/s1. The first-order valence-corrected chi connectivity index (χ1v) is 18.3. The molecule has 1 amide bonds. The molecule has 8 nitrogen and oxygen atoms in total. The summed E-state index contributed by atoms with van der Waals surface area (Å²) in [6, 6.07) is 17.8. The smallest absolute Gasteiger partial charge is 0.328 e. The molecule has 3 rings (SSSR count). The number of esters is 1. The highest BCUT2D eigenvalue weighted by Gasteiger charge is 2.49. The van der Waals surface area contributed by atoms with Crippen molar-refractivity contribution in [2.24, 2.45) is 5.92 Å². The van der Waals surface area contributed by atoms with Gasteiger partial charge in [0.15, 0.2) is 14.1 Å². The average molecular weight is 613 g/mol. The molecule has 1 aliphatic rings. The van der Waals surface area contributed by atoms with Gasteiger partial charge in [0.1, 0.15) is 24.8 Å². The Morgan fingerprint density at radius 3 is 2.09 bits per heavy atom. The van der Waals surface area contributed by atoms with Crippen LogP contribution in [0.5, 0.6) is 0 Å². The lowest BCUT2D eigenvalue weighted by molar-refractivity contribution is -0.156.